The molecule has 3 aromatic heterocycles. The molecule has 1 aliphatic carbocycles. The zero-order chi connectivity index (χ0) is 25.6. The molecule has 13 heteroatoms. The summed E-state index contributed by atoms with van der Waals surface area (Å²) in [7, 11) is 1.52. The summed E-state index contributed by atoms with van der Waals surface area (Å²) in [6.45, 7) is 1.31. The molecule has 2 amide bonds. The molecular weight excluding hydrogens is 478 g/mol. The number of nitrogens with zero attached hydrogens (tertiary/aromatic N) is 6. The van der Waals surface area contributed by atoms with Crippen molar-refractivity contribution in [1.29, 1.82) is 0 Å². The summed E-state index contributed by atoms with van der Waals surface area (Å²) in [5.41, 5.74) is 1.88. The van der Waals surface area contributed by atoms with E-state index in [1.54, 1.807) is 18.6 Å². The Morgan fingerprint density at radius 1 is 1.11 bits per heavy atom. The minimum atomic E-state index is -0.522. The maximum Gasteiger partial charge on any atom is 0.278 e. The minimum Gasteiger partial charge on any atom is -0.354 e. The van der Waals surface area contributed by atoms with Gasteiger partial charge in [0.2, 0.25) is 0 Å². The van der Waals surface area contributed by atoms with Gasteiger partial charge in [0.15, 0.2) is 17.8 Å². The molecule has 1 saturated heterocycles. The summed E-state index contributed by atoms with van der Waals surface area (Å²) >= 11 is 0. The van der Waals surface area contributed by atoms with Gasteiger partial charge >= 0.3 is 0 Å². The number of anilines is 3. The molecule has 0 radical (unpaired) electrons. The number of carbonyl (C=O) groups is 2. The largest absolute Gasteiger partial charge is 0.354 e. The Morgan fingerprint density at radius 2 is 1.95 bits per heavy atom. The van der Waals surface area contributed by atoms with Gasteiger partial charge in [-0.3, -0.25) is 14.3 Å². The van der Waals surface area contributed by atoms with Crippen LogP contribution in [0.3, 0.4) is 0 Å². The summed E-state index contributed by atoms with van der Waals surface area (Å²) < 4.78 is 12.9. The third-order valence-corrected chi connectivity index (χ3v) is 6.10. The van der Waals surface area contributed by atoms with Crippen LogP contribution in [0.5, 0.6) is 0 Å². The normalized spacial score (nSPS) is 17.3. The predicted molar refractivity (Wildman–Crippen MR) is 132 cm³/mol. The van der Waals surface area contributed by atoms with Gasteiger partial charge in [0.25, 0.3) is 11.8 Å². The Bertz CT molecular complexity index is 1240. The number of ether oxygens (including phenoxy) is 2. The van der Waals surface area contributed by atoms with Crippen molar-refractivity contribution in [3.63, 3.8) is 0 Å². The number of rotatable bonds is 10. The van der Waals surface area contributed by atoms with Crippen LogP contribution in [0.15, 0.2) is 31.1 Å². The lowest BCUT2D eigenvalue weighted by Gasteiger charge is -2.22. The highest BCUT2D eigenvalue weighted by atomic mass is 16.7. The van der Waals surface area contributed by atoms with Crippen LogP contribution in [-0.2, 0) is 16.0 Å². The van der Waals surface area contributed by atoms with Gasteiger partial charge in [-0.25, -0.2) is 19.9 Å². The SMILES string of the molecule is CNC(=O)c1c(NC(=O)c2nc(C3CC3)cnc2Nc2cncnc2)cnn1CCOC1CCCCO1. The fourth-order valence-electron chi connectivity index (χ4n) is 4.03. The first-order valence-electron chi connectivity index (χ1n) is 12.3. The van der Waals surface area contributed by atoms with Crippen molar-refractivity contribution in [3.8, 4) is 0 Å². The van der Waals surface area contributed by atoms with Crippen molar-refractivity contribution in [3.05, 3.63) is 48.2 Å². The highest BCUT2D eigenvalue weighted by molar-refractivity contribution is 6.09. The number of hydrogen-bond acceptors (Lipinski definition) is 10. The minimum absolute atomic E-state index is 0.0987. The molecule has 0 spiro atoms. The van der Waals surface area contributed by atoms with E-state index in [9.17, 15) is 9.59 Å². The average molecular weight is 508 g/mol. The molecule has 13 nitrogen and oxygen atoms in total. The lowest BCUT2D eigenvalue weighted by Crippen LogP contribution is -2.27. The summed E-state index contributed by atoms with van der Waals surface area (Å²) in [5, 5.41) is 12.8. The molecular formula is C24H29N9O4. The Labute approximate surface area is 213 Å². The highest BCUT2D eigenvalue weighted by Gasteiger charge is 2.28. The van der Waals surface area contributed by atoms with E-state index in [0.717, 1.165) is 37.8 Å². The van der Waals surface area contributed by atoms with Gasteiger partial charge in [-0.15, -0.1) is 0 Å². The van der Waals surface area contributed by atoms with Crippen LogP contribution in [0.2, 0.25) is 0 Å². The van der Waals surface area contributed by atoms with Crippen LogP contribution in [0.1, 0.15) is 64.7 Å². The highest BCUT2D eigenvalue weighted by Crippen LogP contribution is 2.39. The maximum absolute atomic E-state index is 13.4. The zero-order valence-electron chi connectivity index (χ0n) is 20.5. The van der Waals surface area contributed by atoms with Crippen molar-refractivity contribution >= 4 is 29.0 Å². The molecule has 4 heterocycles. The Kier molecular flexibility index (Phi) is 7.61. The van der Waals surface area contributed by atoms with Crippen molar-refractivity contribution < 1.29 is 19.1 Å². The third kappa shape index (κ3) is 6.06. The maximum atomic E-state index is 13.4. The summed E-state index contributed by atoms with van der Waals surface area (Å²) in [4.78, 5) is 43.1. The molecule has 5 rings (SSSR count). The van der Waals surface area contributed by atoms with Gasteiger partial charge in [-0.05, 0) is 32.1 Å². The molecule has 2 fully saturated rings. The van der Waals surface area contributed by atoms with Crippen molar-refractivity contribution in [2.45, 2.75) is 50.9 Å². The van der Waals surface area contributed by atoms with Crippen LogP contribution >= 0.6 is 0 Å². The lowest BCUT2D eigenvalue weighted by atomic mass is 10.2. The molecule has 1 aliphatic heterocycles. The van der Waals surface area contributed by atoms with E-state index < -0.39 is 5.91 Å². The van der Waals surface area contributed by atoms with Crippen LogP contribution in [0, 0.1) is 0 Å². The fourth-order valence-corrected chi connectivity index (χ4v) is 4.03. The van der Waals surface area contributed by atoms with Gasteiger partial charge in [0.05, 0.1) is 55.0 Å². The smallest absolute Gasteiger partial charge is 0.278 e. The standard InChI is InChI=1S/C24H29N9O4/c1-25-24(35)21-18(13-29-33(21)7-9-37-19-4-2-3-8-36-19)32-23(34)20-22(30-16-10-26-14-27-11-16)28-12-17(31-20)15-5-6-15/h10-15,19H,2-9H2,1H3,(H,25,35)(H,28,30)(H,32,34). The van der Waals surface area contributed by atoms with E-state index in [0.29, 0.717) is 31.4 Å². The lowest BCUT2D eigenvalue weighted by molar-refractivity contribution is -0.163. The summed E-state index contributed by atoms with van der Waals surface area (Å²) in [5.74, 6) is -0.359. The van der Waals surface area contributed by atoms with Gasteiger partial charge in [-0.1, -0.05) is 0 Å². The average Bonchev–Trinajstić information content (AvgIpc) is 3.71. The second kappa shape index (κ2) is 11.4. The van der Waals surface area contributed by atoms with Gasteiger partial charge < -0.3 is 25.4 Å². The second-order valence-electron chi connectivity index (χ2n) is 8.85. The first kappa shape index (κ1) is 24.7. The zero-order valence-corrected chi connectivity index (χ0v) is 20.5. The molecule has 1 unspecified atom stereocenters. The molecule has 1 atom stereocenters. The van der Waals surface area contributed by atoms with E-state index in [-0.39, 0.29) is 35.1 Å². The third-order valence-electron chi connectivity index (χ3n) is 6.10. The molecule has 2 aliphatic rings. The molecule has 0 bridgehead atoms. The summed E-state index contributed by atoms with van der Waals surface area (Å²) in [6, 6.07) is 0. The van der Waals surface area contributed by atoms with Crippen LogP contribution in [-0.4, -0.2) is 68.1 Å². The molecule has 194 valence electrons. The molecule has 3 aromatic rings. The van der Waals surface area contributed by atoms with Crippen molar-refractivity contribution in [1.82, 2.24) is 35.0 Å². The van der Waals surface area contributed by atoms with E-state index in [4.69, 9.17) is 9.47 Å². The fraction of sp³-hybridized carbons (Fsp3) is 0.458. The van der Waals surface area contributed by atoms with Gasteiger partial charge in [-0.2, -0.15) is 5.10 Å². The van der Waals surface area contributed by atoms with Gasteiger partial charge in [0, 0.05) is 19.6 Å². The topological polar surface area (TPSA) is 158 Å². The van der Waals surface area contributed by atoms with Crippen LogP contribution in [0.25, 0.3) is 0 Å². The molecule has 3 N–H and O–H groups in total. The Hall–Kier alpha value is -3.97. The number of hydrogen-bond donors (Lipinski definition) is 3. The van der Waals surface area contributed by atoms with Crippen molar-refractivity contribution in [2.75, 3.05) is 30.9 Å². The Balaban J connectivity index is 1.35. The quantitative estimate of drug-likeness (QED) is 0.371. The Morgan fingerprint density at radius 3 is 2.68 bits per heavy atom. The summed E-state index contributed by atoms with van der Waals surface area (Å²) in [6.07, 6.45) is 12.4. The van der Waals surface area contributed by atoms with E-state index in [1.807, 2.05) is 0 Å². The molecule has 37 heavy (non-hydrogen) atoms. The first-order valence-corrected chi connectivity index (χ1v) is 12.3. The second-order valence-corrected chi connectivity index (χ2v) is 8.85. The van der Waals surface area contributed by atoms with Crippen molar-refractivity contribution in [2.24, 2.45) is 0 Å². The number of amides is 2. The van der Waals surface area contributed by atoms with E-state index >= 15 is 0 Å². The first-order chi connectivity index (χ1) is 18.1. The number of carbonyl (C=O) groups excluding carboxylic acids is 2. The van der Waals surface area contributed by atoms with Gasteiger partial charge in [0.1, 0.15) is 12.0 Å². The molecule has 1 saturated carbocycles. The van der Waals surface area contributed by atoms with E-state index in [2.05, 4.69) is 41.0 Å². The monoisotopic (exact) mass is 507 g/mol. The number of aromatic nitrogens is 6. The number of nitrogens with one attached hydrogen (secondary N) is 3. The predicted octanol–water partition coefficient (Wildman–Crippen LogP) is 2.24. The molecule has 0 aromatic carbocycles. The van der Waals surface area contributed by atoms with Crippen LogP contribution in [0.4, 0.5) is 17.2 Å². The van der Waals surface area contributed by atoms with E-state index in [1.165, 1.54) is 24.3 Å². The van der Waals surface area contributed by atoms with Crippen LogP contribution < -0.4 is 16.0 Å².